The standard InChI is InChI=1S/C16H20F3N5O3S/c1-28(25,26)21-8-10-2-5-12(6-3-10)22-15-23-14(24-27-15)11-4-7-13(20-9-11)16(17,18)19/h4,7,9-10,12,21H,2-3,5-6,8H2,1H3,(H,22,23,24)/t10-,12-. The van der Waals surface area contributed by atoms with E-state index in [-0.39, 0.29) is 23.8 Å². The van der Waals surface area contributed by atoms with Crippen molar-refractivity contribution in [2.75, 3.05) is 18.1 Å². The van der Waals surface area contributed by atoms with E-state index in [2.05, 4.69) is 25.2 Å². The zero-order valence-corrected chi connectivity index (χ0v) is 15.8. The summed E-state index contributed by atoms with van der Waals surface area (Å²) in [5.74, 6) is 0.430. The molecule has 154 valence electrons. The fraction of sp³-hybridized carbons (Fsp3) is 0.562. The van der Waals surface area contributed by atoms with Crippen molar-refractivity contribution in [3.8, 4) is 11.4 Å². The van der Waals surface area contributed by atoms with Crippen molar-refractivity contribution in [2.45, 2.75) is 37.9 Å². The van der Waals surface area contributed by atoms with Crippen molar-refractivity contribution in [3.63, 3.8) is 0 Å². The van der Waals surface area contributed by atoms with Gasteiger partial charge in [-0.3, -0.25) is 4.98 Å². The molecule has 0 aliphatic heterocycles. The maximum Gasteiger partial charge on any atom is 0.433 e. The van der Waals surface area contributed by atoms with Gasteiger partial charge in [0.1, 0.15) is 5.69 Å². The minimum atomic E-state index is -4.50. The number of rotatable bonds is 6. The Morgan fingerprint density at radius 3 is 2.50 bits per heavy atom. The summed E-state index contributed by atoms with van der Waals surface area (Å²) in [5, 5.41) is 6.89. The number of alkyl halides is 3. The first-order valence-electron chi connectivity index (χ1n) is 8.68. The molecule has 0 unspecified atom stereocenters. The summed E-state index contributed by atoms with van der Waals surface area (Å²) in [7, 11) is -3.19. The summed E-state index contributed by atoms with van der Waals surface area (Å²) in [5.41, 5.74) is -0.666. The van der Waals surface area contributed by atoms with Crippen LogP contribution < -0.4 is 10.0 Å². The van der Waals surface area contributed by atoms with Gasteiger partial charge in [-0.25, -0.2) is 13.1 Å². The van der Waals surface area contributed by atoms with E-state index < -0.39 is 21.9 Å². The number of sulfonamides is 1. The molecule has 0 atom stereocenters. The highest BCUT2D eigenvalue weighted by atomic mass is 32.2. The molecule has 12 heteroatoms. The third-order valence-corrected chi connectivity index (χ3v) is 5.24. The molecular weight excluding hydrogens is 399 g/mol. The van der Waals surface area contributed by atoms with E-state index in [0.29, 0.717) is 12.1 Å². The van der Waals surface area contributed by atoms with E-state index in [1.54, 1.807) is 0 Å². The molecule has 1 fully saturated rings. The summed E-state index contributed by atoms with van der Waals surface area (Å²) < 4.78 is 67.7. The molecule has 0 bridgehead atoms. The zero-order chi connectivity index (χ0) is 20.4. The normalized spacial score (nSPS) is 20.9. The Kier molecular flexibility index (Phi) is 5.89. The van der Waals surface area contributed by atoms with Gasteiger partial charge in [0.25, 0.3) is 0 Å². The Labute approximate surface area is 160 Å². The first-order chi connectivity index (χ1) is 13.1. The fourth-order valence-electron chi connectivity index (χ4n) is 3.05. The smallest absolute Gasteiger partial charge is 0.335 e. The molecule has 0 saturated heterocycles. The SMILES string of the molecule is CS(=O)(=O)NC[C@H]1CC[C@H](Nc2nc(-c3ccc(C(F)(F)F)nc3)no2)CC1. The van der Waals surface area contributed by atoms with Crippen molar-refractivity contribution < 1.29 is 26.1 Å². The van der Waals surface area contributed by atoms with E-state index >= 15 is 0 Å². The quantitative estimate of drug-likeness (QED) is 0.741. The molecule has 2 heterocycles. The van der Waals surface area contributed by atoms with Crippen LogP contribution >= 0.6 is 0 Å². The van der Waals surface area contributed by atoms with Gasteiger partial charge in [0, 0.05) is 24.3 Å². The maximum absolute atomic E-state index is 12.6. The van der Waals surface area contributed by atoms with Crippen LogP contribution in [0.2, 0.25) is 0 Å². The first kappa shape index (κ1) is 20.5. The summed E-state index contributed by atoms with van der Waals surface area (Å²) in [6.45, 7) is 0.428. The Morgan fingerprint density at radius 1 is 1.21 bits per heavy atom. The van der Waals surface area contributed by atoms with Crippen LogP contribution in [-0.2, 0) is 16.2 Å². The number of nitrogens with one attached hydrogen (secondary N) is 2. The summed E-state index contributed by atoms with van der Waals surface area (Å²) >= 11 is 0. The van der Waals surface area contributed by atoms with Crippen molar-refractivity contribution in [2.24, 2.45) is 5.92 Å². The lowest BCUT2D eigenvalue weighted by Crippen LogP contribution is -2.33. The third kappa shape index (κ3) is 5.64. The average Bonchev–Trinajstić information content (AvgIpc) is 3.08. The molecule has 0 spiro atoms. The second-order valence-corrected chi connectivity index (χ2v) is 8.67. The predicted molar refractivity (Wildman–Crippen MR) is 94.7 cm³/mol. The van der Waals surface area contributed by atoms with Crippen molar-refractivity contribution in [1.82, 2.24) is 19.8 Å². The lowest BCUT2D eigenvalue weighted by molar-refractivity contribution is -0.141. The highest BCUT2D eigenvalue weighted by molar-refractivity contribution is 7.88. The molecule has 0 aromatic carbocycles. The third-order valence-electron chi connectivity index (χ3n) is 4.55. The Hall–Kier alpha value is -2.21. The molecule has 2 N–H and O–H groups in total. The number of anilines is 1. The molecule has 1 aliphatic rings. The topological polar surface area (TPSA) is 110 Å². The summed E-state index contributed by atoms with van der Waals surface area (Å²) in [6.07, 6.45) is 1.02. The van der Waals surface area contributed by atoms with Gasteiger partial charge in [0.2, 0.25) is 15.8 Å². The minimum Gasteiger partial charge on any atom is -0.335 e. The van der Waals surface area contributed by atoms with Gasteiger partial charge in [-0.05, 0) is 43.7 Å². The predicted octanol–water partition coefficient (Wildman–Crippen LogP) is 2.67. The van der Waals surface area contributed by atoms with Gasteiger partial charge < -0.3 is 9.84 Å². The lowest BCUT2D eigenvalue weighted by Gasteiger charge is -2.28. The first-order valence-corrected chi connectivity index (χ1v) is 10.6. The van der Waals surface area contributed by atoms with Gasteiger partial charge in [-0.15, -0.1) is 0 Å². The Balaban J connectivity index is 1.53. The van der Waals surface area contributed by atoms with E-state index in [9.17, 15) is 21.6 Å². The van der Waals surface area contributed by atoms with Crippen LogP contribution in [0.4, 0.5) is 19.2 Å². The summed E-state index contributed by atoms with van der Waals surface area (Å²) in [4.78, 5) is 7.53. The number of aromatic nitrogens is 3. The molecule has 2 aromatic heterocycles. The van der Waals surface area contributed by atoms with Gasteiger partial charge in [0.15, 0.2) is 0 Å². The van der Waals surface area contributed by atoms with Crippen molar-refractivity contribution >= 4 is 16.0 Å². The van der Waals surface area contributed by atoms with E-state index in [0.717, 1.165) is 44.2 Å². The van der Waals surface area contributed by atoms with Crippen LogP contribution in [0.25, 0.3) is 11.4 Å². The number of hydrogen-bond acceptors (Lipinski definition) is 7. The van der Waals surface area contributed by atoms with Crippen molar-refractivity contribution in [3.05, 3.63) is 24.0 Å². The second kappa shape index (κ2) is 8.03. The molecule has 1 saturated carbocycles. The number of pyridine rings is 1. The maximum atomic E-state index is 12.6. The van der Waals surface area contributed by atoms with Gasteiger partial charge in [0.05, 0.1) is 6.26 Å². The molecule has 8 nitrogen and oxygen atoms in total. The highest BCUT2D eigenvalue weighted by Crippen LogP contribution is 2.29. The Bertz CT molecular complexity index is 891. The Morgan fingerprint density at radius 2 is 1.93 bits per heavy atom. The van der Waals surface area contributed by atoms with Crippen LogP contribution in [0, 0.1) is 5.92 Å². The molecule has 1 aliphatic carbocycles. The van der Waals surface area contributed by atoms with Crippen LogP contribution in [0.3, 0.4) is 0 Å². The van der Waals surface area contributed by atoms with E-state index in [1.807, 2.05) is 0 Å². The summed E-state index contributed by atoms with van der Waals surface area (Å²) in [6, 6.07) is 2.40. The lowest BCUT2D eigenvalue weighted by atomic mass is 9.86. The molecule has 3 rings (SSSR count). The van der Waals surface area contributed by atoms with E-state index in [4.69, 9.17) is 4.52 Å². The minimum absolute atomic E-state index is 0.105. The molecular formula is C16H20F3N5O3S. The molecule has 0 amide bonds. The molecule has 0 radical (unpaired) electrons. The highest BCUT2D eigenvalue weighted by Gasteiger charge is 2.32. The number of hydrogen-bond donors (Lipinski definition) is 2. The average molecular weight is 419 g/mol. The molecule has 2 aromatic rings. The zero-order valence-electron chi connectivity index (χ0n) is 15.0. The largest absolute Gasteiger partial charge is 0.433 e. The van der Waals surface area contributed by atoms with Crippen LogP contribution in [-0.4, -0.2) is 42.4 Å². The number of halogens is 3. The second-order valence-electron chi connectivity index (χ2n) is 6.84. The van der Waals surface area contributed by atoms with Gasteiger partial charge >= 0.3 is 12.2 Å². The van der Waals surface area contributed by atoms with Crippen LogP contribution in [0.5, 0.6) is 0 Å². The number of nitrogens with zero attached hydrogens (tertiary/aromatic N) is 3. The van der Waals surface area contributed by atoms with Gasteiger partial charge in [-0.2, -0.15) is 18.2 Å². The molecule has 28 heavy (non-hydrogen) atoms. The van der Waals surface area contributed by atoms with Crippen LogP contribution in [0.15, 0.2) is 22.9 Å². The monoisotopic (exact) mass is 419 g/mol. The van der Waals surface area contributed by atoms with Gasteiger partial charge in [-0.1, -0.05) is 5.16 Å². The van der Waals surface area contributed by atoms with Crippen molar-refractivity contribution in [1.29, 1.82) is 0 Å². The van der Waals surface area contributed by atoms with E-state index in [1.165, 1.54) is 6.07 Å². The fourth-order valence-corrected chi connectivity index (χ4v) is 3.59. The van der Waals surface area contributed by atoms with Crippen LogP contribution in [0.1, 0.15) is 31.4 Å².